The Bertz CT molecular complexity index is 883. The SMILES string of the molecule is Cc1cc(S(=O)(=O)Nc2ccc(F)cc2F)ccc1OCC(=O)O. The largest absolute Gasteiger partial charge is 0.482 e. The monoisotopic (exact) mass is 357 g/mol. The molecule has 0 aliphatic carbocycles. The van der Waals surface area contributed by atoms with E-state index < -0.39 is 34.2 Å². The van der Waals surface area contributed by atoms with Crippen LogP contribution in [0.1, 0.15) is 5.56 Å². The molecule has 6 nitrogen and oxygen atoms in total. The first-order valence-electron chi connectivity index (χ1n) is 6.62. The van der Waals surface area contributed by atoms with Crippen molar-refractivity contribution in [3.8, 4) is 5.75 Å². The number of anilines is 1. The van der Waals surface area contributed by atoms with Crippen LogP contribution in [0.4, 0.5) is 14.5 Å². The zero-order valence-electron chi connectivity index (χ0n) is 12.4. The molecule has 0 amide bonds. The third-order valence-electron chi connectivity index (χ3n) is 2.98. The van der Waals surface area contributed by atoms with Gasteiger partial charge in [-0.05, 0) is 42.8 Å². The maximum Gasteiger partial charge on any atom is 0.341 e. The molecule has 9 heteroatoms. The van der Waals surface area contributed by atoms with Crippen molar-refractivity contribution in [1.29, 1.82) is 0 Å². The Kier molecular flexibility index (Phi) is 5.03. The van der Waals surface area contributed by atoms with Crippen molar-refractivity contribution in [2.24, 2.45) is 0 Å². The van der Waals surface area contributed by atoms with Gasteiger partial charge in [0.15, 0.2) is 6.61 Å². The summed E-state index contributed by atoms with van der Waals surface area (Å²) >= 11 is 0. The van der Waals surface area contributed by atoms with Crippen LogP contribution in [0.2, 0.25) is 0 Å². The number of rotatable bonds is 6. The van der Waals surface area contributed by atoms with E-state index >= 15 is 0 Å². The van der Waals surface area contributed by atoms with E-state index in [1.807, 2.05) is 4.72 Å². The normalized spacial score (nSPS) is 11.1. The van der Waals surface area contributed by atoms with Crippen LogP contribution in [0.25, 0.3) is 0 Å². The summed E-state index contributed by atoms with van der Waals surface area (Å²) < 4.78 is 58.0. The minimum atomic E-state index is -4.10. The lowest BCUT2D eigenvalue weighted by Crippen LogP contribution is -2.15. The number of hydrogen-bond donors (Lipinski definition) is 2. The second kappa shape index (κ2) is 6.83. The van der Waals surface area contributed by atoms with E-state index in [0.29, 0.717) is 11.6 Å². The molecule has 0 fully saturated rings. The van der Waals surface area contributed by atoms with E-state index in [2.05, 4.69) is 0 Å². The third kappa shape index (κ3) is 4.19. The summed E-state index contributed by atoms with van der Waals surface area (Å²) in [6.45, 7) is 0.973. The molecule has 2 rings (SSSR count). The van der Waals surface area contributed by atoms with Crippen LogP contribution >= 0.6 is 0 Å². The molecule has 0 unspecified atom stereocenters. The van der Waals surface area contributed by atoms with E-state index in [9.17, 15) is 22.0 Å². The molecule has 0 radical (unpaired) electrons. The standard InChI is InChI=1S/C15H13F2NO5S/c1-9-6-11(3-5-14(9)23-8-15(19)20)24(21,22)18-13-4-2-10(16)7-12(13)17/h2-7,18H,8H2,1H3,(H,19,20). The smallest absolute Gasteiger partial charge is 0.341 e. The molecular weight excluding hydrogens is 344 g/mol. The summed E-state index contributed by atoms with van der Waals surface area (Å²) in [5.41, 5.74) is -0.000963. The van der Waals surface area contributed by atoms with Gasteiger partial charge in [0, 0.05) is 6.07 Å². The van der Waals surface area contributed by atoms with E-state index in [1.165, 1.54) is 25.1 Å². The number of sulfonamides is 1. The van der Waals surface area contributed by atoms with Gasteiger partial charge in [0.2, 0.25) is 0 Å². The van der Waals surface area contributed by atoms with Crippen LogP contribution in [0, 0.1) is 18.6 Å². The number of benzene rings is 2. The van der Waals surface area contributed by atoms with E-state index in [-0.39, 0.29) is 16.3 Å². The maximum atomic E-state index is 13.6. The van der Waals surface area contributed by atoms with Crippen LogP contribution in [0.15, 0.2) is 41.3 Å². The van der Waals surface area contributed by atoms with Crippen LogP contribution in [-0.4, -0.2) is 26.1 Å². The van der Waals surface area contributed by atoms with Crippen LogP contribution in [0.5, 0.6) is 5.75 Å². The molecule has 128 valence electrons. The highest BCUT2D eigenvalue weighted by atomic mass is 32.2. The average molecular weight is 357 g/mol. The molecule has 2 aromatic rings. The molecule has 0 bridgehead atoms. The lowest BCUT2D eigenvalue weighted by atomic mass is 10.2. The number of halogens is 2. The Labute approximate surface area is 136 Å². The third-order valence-corrected chi connectivity index (χ3v) is 4.35. The first-order valence-corrected chi connectivity index (χ1v) is 8.10. The van der Waals surface area contributed by atoms with Crippen LogP contribution in [0.3, 0.4) is 0 Å². The number of nitrogens with one attached hydrogen (secondary N) is 1. The number of carbonyl (C=O) groups is 1. The molecule has 0 saturated carbocycles. The van der Waals surface area contributed by atoms with Gasteiger partial charge in [0.1, 0.15) is 17.4 Å². The highest BCUT2D eigenvalue weighted by molar-refractivity contribution is 7.92. The van der Waals surface area contributed by atoms with Gasteiger partial charge in [-0.2, -0.15) is 0 Å². The quantitative estimate of drug-likeness (QED) is 0.829. The molecule has 24 heavy (non-hydrogen) atoms. The molecule has 0 spiro atoms. The number of ether oxygens (including phenoxy) is 1. The topological polar surface area (TPSA) is 92.7 Å². The van der Waals surface area contributed by atoms with Crippen LogP contribution < -0.4 is 9.46 Å². The number of aryl methyl sites for hydroxylation is 1. The lowest BCUT2D eigenvalue weighted by Gasteiger charge is -2.12. The van der Waals surface area contributed by atoms with E-state index in [1.54, 1.807) is 0 Å². The predicted octanol–water partition coefficient (Wildman–Crippen LogP) is 2.54. The average Bonchev–Trinajstić information content (AvgIpc) is 2.48. The van der Waals surface area contributed by atoms with Crippen molar-refractivity contribution in [3.05, 3.63) is 53.6 Å². The predicted molar refractivity (Wildman–Crippen MR) is 81.5 cm³/mol. The van der Waals surface area contributed by atoms with E-state index in [0.717, 1.165) is 12.1 Å². The fraction of sp³-hybridized carbons (Fsp3) is 0.133. The second-order valence-electron chi connectivity index (χ2n) is 4.84. The Hall–Kier alpha value is -2.68. The number of carboxylic acids is 1. The molecule has 0 aliphatic rings. The molecule has 0 heterocycles. The Balaban J connectivity index is 2.26. The first kappa shape index (κ1) is 17.7. The number of carboxylic acid groups (broad SMARTS) is 1. The summed E-state index contributed by atoms with van der Waals surface area (Å²) in [4.78, 5) is 10.3. The van der Waals surface area contributed by atoms with Gasteiger partial charge in [0.25, 0.3) is 10.0 Å². The Morgan fingerprint density at radius 3 is 2.50 bits per heavy atom. The van der Waals surface area contributed by atoms with Gasteiger partial charge in [-0.3, -0.25) is 4.72 Å². The molecule has 0 aromatic heterocycles. The van der Waals surface area contributed by atoms with Crippen molar-refractivity contribution in [2.45, 2.75) is 11.8 Å². The molecule has 2 N–H and O–H groups in total. The maximum absolute atomic E-state index is 13.6. The highest BCUT2D eigenvalue weighted by Gasteiger charge is 2.18. The van der Waals surface area contributed by atoms with Crippen molar-refractivity contribution in [2.75, 3.05) is 11.3 Å². The van der Waals surface area contributed by atoms with Gasteiger partial charge in [-0.25, -0.2) is 22.0 Å². The Morgan fingerprint density at radius 1 is 1.21 bits per heavy atom. The summed E-state index contributed by atoms with van der Waals surface area (Å²) in [6, 6.07) is 6.20. The molecule has 0 aliphatic heterocycles. The van der Waals surface area contributed by atoms with Crippen molar-refractivity contribution in [1.82, 2.24) is 0 Å². The second-order valence-corrected chi connectivity index (χ2v) is 6.52. The zero-order valence-corrected chi connectivity index (χ0v) is 13.2. The van der Waals surface area contributed by atoms with Crippen molar-refractivity contribution in [3.63, 3.8) is 0 Å². The molecule has 0 atom stereocenters. The molecule has 0 saturated heterocycles. The van der Waals surface area contributed by atoms with E-state index in [4.69, 9.17) is 9.84 Å². The van der Waals surface area contributed by atoms with Crippen molar-refractivity contribution >= 4 is 21.7 Å². The summed E-state index contributed by atoms with van der Waals surface area (Å²) in [7, 11) is -4.10. The van der Waals surface area contributed by atoms with Gasteiger partial charge in [-0.1, -0.05) is 0 Å². The van der Waals surface area contributed by atoms with Gasteiger partial charge in [-0.15, -0.1) is 0 Å². The minimum Gasteiger partial charge on any atom is -0.482 e. The van der Waals surface area contributed by atoms with Gasteiger partial charge < -0.3 is 9.84 Å². The highest BCUT2D eigenvalue weighted by Crippen LogP contribution is 2.24. The molecular formula is C15H13F2NO5S. The summed E-state index contributed by atoms with van der Waals surface area (Å²) in [6.07, 6.45) is 0. The lowest BCUT2D eigenvalue weighted by molar-refractivity contribution is -0.139. The first-order chi connectivity index (χ1) is 11.2. The van der Waals surface area contributed by atoms with Crippen LogP contribution in [-0.2, 0) is 14.8 Å². The molecule has 2 aromatic carbocycles. The van der Waals surface area contributed by atoms with Gasteiger partial charge >= 0.3 is 5.97 Å². The number of aliphatic carboxylic acids is 1. The minimum absolute atomic E-state index is 0.175. The zero-order chi connectivity index (χ0) is 17.9. The van der Waals surface area contributed by atoms with Crippen molar-refractivity contribution < 1.29 is 31.8 Å². The Morgan fingerprint density at radius 2 is 1.92 bits per heavy atom. The number of hydrogen-bond acceptors (Lipinski definition) is 4. The summed E-state index contributed by atoms with van der Waals surface area (Å²) in [5.74, 6) is -2.83. The fourth-order valence-electron chi connectivity index (χ4n) is 1.87. The fourth-order valence-corrected chi connectivity index (χ4v) is 3.02. The van der Waals surface area contributed by atoms with Gasteiger partial charge in [0.05, 0.1) is 10.6 Å². The summed E-state index contributed by atoms with van der Waals surface area (Å²) in [5, 5.41) is 8.57.